The van der Waals surface area contributed by atoms with Crippen LogP contribution in [0.5, 0.6) is 5.75 Å². The lowest BCUT2D eigenvalue weighted by atomic mass is 10.3. The third kappa shape index (κ3) is 2.56. The van der Waals surface area contributed by atoms with Gasteiger partial charge < -0.3 is 16.2 Å². The molecule has 6 heteroatoms. The number of hydrogen-bond acceptors (Lipinski definition) is 5. The molecule has 4 nitrogen and oxygen atoms in total. The Hall–Kier alpha value is -1.46. The first-order chi connectivity index (χ1) is 7.65. The summed E-state index contributed by atoms with van der Waals surface area (Å²) in [6.07, 6.45) is 0. The second-order valence-electron chi connectivity index (χ2n) is 3.16. The normalized spacial score (nSPS) is 10.3. The molecule has 0 bridgehead atoms. The van der Waals surface area contributed by atoms with Gasteiger partial charge in [0.15, 0.2) is 5.13 Å². The molecular weight excluding hydrogens is 246 g/mol. The van der Waals surface area contributed by atoms with E-state index in [1.54, 1.807) is 18.2 Å². The van der Waals surface area contributed by atoms with Gasteiger partial charge in [-0.1, -0.05) is 11.6 Å². The largest absolute Gasteiger partial charge is 0.486 e. The van der Waals surface area contributed by atoms with Crippen LogP contribution in [-0.4, -0.2) is 4.98 Å². The fourth-order valence-corrected chi connectivity index (χ4v) is 1.97. The van der Waals surface area contributed by atoms with E-state index in [1.807, 2.05) is 5.38 Å². The first-order valence-electron chi connectivity index (χ1n) is 4.53. The van der Waals surface area contributed by atoms with Crippen LogP contribution in [0.2, 0.25) is 5.02 Å². The molecule has 1 heterocycles. The number of thiazole rings is 1. The van der Waals surface area contributed by atoms with Crippen molar-refractivity contribution in [3.05, 3.63) is 34.3 Å². The van der Waals surface area contributed by atoms with Gasteiger partial charge in [-0.15, -0.1) is 11.3 Å². The summed E-state index contributed by atoms with van der Waals surface area (Å²) in [6.45, 7) is 0.345. The van der Waals surface area contributed by atoms with Crippen molar-refractivity contribution in [2.45, 2.75) is 6.61 Å². The number of halogens is 1. The molecule has 0 fully saturated rings. The maximum absolute atomic E-state index is 5.95. The molecule has 1 aromatic heterocycles. The monoisotopic (exact) mass is 255 g/mol. The van der Waals surface area contributed by atoms with E-state index in [0.717, 1.165) is 5.69 Å². The van der Waals surface area contributed by atoms with Crippen LogP contribution < -0.4 is 16.2 Å². The molecule has 1 aromatic carbocycles. The summed E-state index contributed by atoms with van der Waals surface area (Å²) in [6, 6.07) is 5.11. The smallest absolute Gasteiger partial charge is 0.180 e. The van der Waals surface area contributed by atoms with Crippen LogP contribution >= 0.6 is 22.9 Å². The Bertz CT molecular complexity index is 501. The Morgan fingerprint density at radius 2 is 2.19 bits per heavy atom. The van der Waals surface area contributed by atoms with Crippen molar-refractivity contribution in [2.75, 3.05) is 11.5 Å². The van der Waals surface area contributed by atoms with Gasteiger partial charge in [-0.05, 0) is 18.2 Å². The van der Waals surface area contributed by atoms with E-state index < -0.39 is 0 Å². The number of benzene rings is 1. The minimum absolute atomic E-state index is 0.345. The topological polar surface area (TPSA) is 74.2 Å². The van der Waals surface area contributed by atoms with Crippen LogP contribution in [0.25, 0.3) is 0 Å². The molecule has 0 saturated heterocycles. The van der Waals surface area contributed by atoms with Gasteiger partial charge in [0.1, 0.15) is 12.4 Å². The number of hydrogen-bond donors (Lipinski definition) is 2. The van der Waals surface area contributed by atoms with E-state index in [4.69, 9.17) is 27.8 Å². The molecule has 4 N–H and O–H groups in total. The zero-order valence-electron chi connectivity index (χ0n) is 8.31. The van der Waals surface area contributed by atoms with Gasteiger partial charge in [0.25, 0.3) is 0 Å². The van der Waals surface area contributed by atoms with E-state index in [9.17, 15) is 0 Å². The molecule has 0 radical (unpaired) electrons. The molecule has 0 saturated carbocycles. The number of ether oxygens (including phenoxy) is 1. The van der Waals surface area contributed by atoms with Gasteiger partial charge in [0.2, 0.25) is 0 Å². The van der Waals surface area contributed by atoms with Crippen molar-refractivity contribution in [2.24, 2.45) is 0 Å². The van der Waals surface area contributed by atoms with E-state index in [-0.39, 0.29) is 0 Å². The van der Waals surface area contributed by atoms with Gasteiger partial charge in [0.05, 0.1) is 10.7 Å². The molecule has 0 aliphatic rings. The Kier molecular flexibility index (Phi) is 3.17. The molecule has 2 aromatic rings. The first kappa shape index (κ1) is 11.0. The molecule has 0 aliphatic carbocycles. The molecule has 0 spiro atoms. The highest BCUT2D eigenvalue weighted by atomic mass is 35.5. The van der Waals surface area contributed by atoms with Gasteiger partial charge in [-0.2, -0.15) is 0 Å². The van der Waals surface area contributed by atoms with Crippen molar-refractivity contribution < 1.29 is 4.74 Å². The van der Waals surface area contributed by atoms with Crippen LogP contribution in [-0.2, 0) is 6.61 Å². The Balaban J connectivity index is 2.04. The maximum atomic E-state index is 5.95. The summed E-state index contributed by atoms with van der Waals surface area (Å²) >= 11 is 7.33. The average Bonchev–Trinajstić information content (AvgIpc) is 2.63. The molecule has 0 aliphatic heterocycles. The van der Waals surface area contributed by atoms with Crippen LogP contribution in [0, 0.1) is 0 Å². The highest BCUT2D eigenvalue weighted by molar-refractivity contribution is 7.13. The minimum atomic E-state index is 0.345. The van der Waals surface area contributed by atoms with E-state index in [2.05, 4.69) is 4.98 Å². The number of aromatic nitrogens is 1. The van der Waals surface area contributed by atoms with Gasteiger partial charge in [-0.25, -0.2) is 4.98 Å². The zero-order valence-corrected chi connectivity index (χ0v) is 9.89. The number of nitrogens with zero attached hydrogens (tertiary/aromatic N) is 1. The highest BCUT2D eigenvalue weighted by Crippen LogP contribution is 2.27. The standard InChI is InChI=1S/C10H10ClN3OS/c11-8-3-6(12)1-2-9(8)15-4-7-5-16-10(13)14-7/h1-3,5H,4,12H2,(H2,13,14). The number of anilines is 2. The SMILES string of the molecule is Nc1ccc(OCc2csc(N)n2)c(Cl)c1. The molecule has 0 atom stereocenters. The quantitative estimate of drug-likeness (QED) is 0.827. The number of nitrogens with two attached hydrogens (primary N) is 2. The van der Waals surface area contributed by atoms with Crippen molar-refractivity contribution in [3.8, 4) is 5.75 Å². The van der Waals surface area contributed by atoms with Crippen LogP contribution in [0.15, 0.2) is 23.6 Å². The summed E-state index contributed by atoms with van der Waals surface area (Å²) in [5, 5.41) is 2.87. The predicted molar refractivity (Wildman–Crippen MR) is 66.7 cm³/mol. The lowest BCUT2D eigenvalue weighted by Crippen LogP contribution is -1.97. The van der Waals surface area contributed by atoms with Crippen molar-refractivity contribution in [1.82, 2.24) is 4.98 Å². The summed E-state index contributed by atoms with van der Waals surface area (Å²) < 4.78 is 5.49. The van der Waals surface area contributed by atoms with Gasteiger partial charge in [-0.3, -0.25) is 0 Å². The Morgan fingerprint density at radius 3 is 2.81 bits per heavy atom. The molecule has 0 unspecified atom stereocenters. The fraction of sp³-hybridized carbons (Fsp3) is 0.100. The van der Waals surface area contributed by atoms with E-state index >= 15 is 0 Å². The van der Waals surface area contributed by atoms with Crippen molar-refractivity contribution in [3.63, 3.8) is 0 Å². The predicted octanol–water partition coefficient (Wildman–Crippen LogP) is 2.54. The Labute approximate surface area is 102 Å². The third-order valence-corrected chi connectivity index (χ3v) is 2.92. The Morgan fingerprint density at radius 1 is 1.38 bits per heavy atom. The fourth-order valence-electron chi connectivity index (χ4n) is 1.17. The summed E-state index contributed by atoms with van der Waals surface area (Å²) in [5.41, 5.74) is 12.5. The first-order valence-corrected chi connectivity index (χ1v) is 5.78. The third-order valence-electron chi connectivity index (χ3n) is 1.90. The number of nitrogen functional groups attached to an aromatic ring is 2. The second-order valence-corrected chi connectivity index (χ2v) is 4.45. The van der Waals surface area contributed by atoms with Crippen LogP contribution in [0.4, 0.5) is 10.8 Å². The highest BCUT2D eigenvalue weighted by Gasteiger charge is 2.04. The van der Waals surface area contributed by atoms with Crippen LogP contribution in [0.1, 0.15) is 5.69 Å². The van der Waals surface area contributed by atoms with Crippen LogP contribution in [0.3, 0.4) is 0 Å². The molecule has 2 rings (SSSR count). The number of rotatable bonds is 3. The van der Waals surface area contributed by atoms with Gasteiger partial charge in [0, 0.05) is 11.1 Å². The zero-order chi connectivity index (χ0) is 11.5. The molecular formula is C10H10ClN3OS. The summed E-state index contributed by atoms with van der Waals surface area (Å²) in [4.78, 5) is 4.08. The second kappa shape index (κ2) is 4.59. The van der Waals surface area contributed by atoms with E-state index in [1.165, 1.54) is 11.3 Å². The average molecular weight is 256 g/mol. The molecule has 16 heavy (non-hydrogen) atoms. The van der Waals surface area contributed by atoms with E-state index in [0.29, 0.717) is 28.2 Å². The van der Waals surface area contributed by atoms with Crippen molar-refractivity contribution >= 4 is 33.8 Å². The lowest BCUT2D eigenvalue weighted by molar-refractivity contribution is 0.302. The summed E-state index contributed by atoms with van der Waals surface area (Å²) in [5.74, 6) is 0.586. The lowest BCUT2D eigenvalue weighted by Gasteiger charge is -2.06. The maximum Gasteiger partial charge on any atom is 0.180 e. The molecule has 0 amide bonds. The summed E-state index contributed by atoms with van der Waals surface area (Å²) in [7, 11) is 0. The van der Waals surface area contributed by atoms with Gasteiger partial charge >= 0.3 is 0 Å². The van der Waals surface area contributed by atoms with Crippen molar-refractivity contribution in [1.29, 1.82) is 0 Å². The molecule has 84 valence electrons. The minimum Gasteiger partial charge on any atom is -0.486 e.